The molecule has 1 aliphatic rings. The van der Waals surface area contributed by atoms with Crippen LogP contribution in [0.5, 0.6) is 0 Å². The predicted molar refractivity (Wildman–Crippen MR) is 84.6 cm³/mol. The molecule has 1 amide bonds. The quantitative estimate of drug-likeness (QED) is 0.717. The molecule has 0 heterocycles. The summed E-state index contributed by atoms with van der Waals surface area (Å²) < 4.78 is 0. The van der Waals surface area contributed by atoms with Crippen molar-refractivity contribution >= 4 is 5.91 Å². The summed E-state index contributed by atoms with van der Waals surface area (Å²) in [5, 5.41) is 3.25. The number of carbonyl (C=O) groups is 1. The maximum Gasteiger partial charge on any atom is 0.237 e. The summed E-state index contributed by atoms with van der Waals surface area (Å²) in [6.07, 6.45) is 7.64. The molecule has 1 saturated carbocycles. The number of nitrogens with zero attached hydrogens (tertiary/aromatic N) is 1. The lowest BCUT2D eigenvalue weighted by Crippen LogP contribution is -2.56. The molecule has 0 aromatic carbocycles. The Balaban J connectivity index is 2.50. The second-order valence-corrected chi connectivity index (χ2v) is 6.72. The highest BCUT2D eigenvalue weighted by atomic mass is 16.1. The van der Waals surface area contributed by atoms with E-state index >= 15 is 0 Å². The monoisotopic (exact) mass is 283 g/mol. The Morgan fingerprint density at radius 3 is 2.50 bits per heavy atom. The van der Waals surface area contributed by atoms with Crippen molar-refractivity contribution in [1.29, 1.82) is 0 Å². The third-order valence-corrected chi connectivity index (χ3v) is 4.84. The molecule has 0 aromatic heterocycles. The molecule has 0 spiro atoms. The second kappa shape index (κ2) is 7.99. The van der Waals surface area contributed by atoms with Crippen LogP contribution >= 0.6 is 0 Å². The molecule has 3 N–H and O–H groups in total. The molecule has 2 unspecified atom stereocenters. The Morgan fingerprint density at radius 2 is 2.00 bits per heavy atom. The number of nitrogens with two attached hydrogens (primary N) is 1. The van der Waals surface area contributed by atoms with Gasteiger partial charge < -0.3 is 16.0 Å². The van der Waals surface area contributed by atoms with E-state index in [2.05, 4.69) is 24.2 Å². The zero-order valence-corrected chi connectivity index (χ0v) is 13.7. The molecule has 0 saturated heterocycles. The molecule has 0 radical (unpaired) electrons. The Kier molecular flexibility index (Phi) is 6.96. The average Bonchev–Trinajstić information content (AvgIpc) is 2.39. The number of rotatable bonds is 8. The molecule has 0 aromatic rings. The Bertz CT molecular complexity index is 302. The van der Waals surface area contributed by atoms with Crippen LogP contribution in [0, 0.1) is 5.92 Å². The van der Waals surface area contributed by atoms with Crippen molar-refractivity contribution in [1.82, 2.24) is 10.2 Å². The first kappa shape index (κ1) is 17.4. The van der Waals surface area contributed by atoms with Gasteiger partial charge in [0.15, 0.2) is 0 Å². The van der Waals surface area contributed by atoms with Gasteiger partial charge in [-0.05, 0) is 52.6 Å². The van der Waals surface area contributed by atoms with Gasteiger partial charge >= 0.3 is 0 Å². The fourth-order valence-corrected chi connectivity index (χ4v) is 3.35. The number of amides is 1. The van der Waals surface area contributed by atoms with E-state index in [1.165, 1.54) is 32.1 Å². The van der Waals surface area contributed by atoms with E-state index < -0.39 is 5.54 Å². The third kappa shape index (κ3) is 5.06. The molecule has 4 nitrogen and oxygen atoms in total. The van der Waals surface area contributed by atoms with Gasteiger partial charge in [0.05, 0.1) is 5.54 Å². The Labute approximate surface area is 124 Å². The first-order chi connectivity index (χ1) is 9.39. The molecule has 1 fully saturated rings. The van der Waals surface area contributed by atoms with E-state index in [9.17, 15) is 4.79 Å². The van der Waals surface area contributed by atoms with Crippen LogP contribution in [0.15, 0.2) is 0 Å². The highest BCUT2D eigenvalue weighted by molar-refractivity contribution is 5.84. The van der Waals surface area contributed by atoms with Gasteiger partial charge in [-0.1, -0.05) is 26.2 Å². The minimum Gasteiger partial charge on any atom is -0.368 e. The predicted octanol–water partition coefficient (Wildman–Crippen LogP) is 2.13. The number of hydrogen-bond acceptors (Lipinski definition) is 3. The summed E-state index contributed by atoms with van der Waals surface area (Å²) in [6.45, 7) is 8.03. The third-order valence-electron chi connectivity index (χ3n) is 4.84. The fourth-order valence-electron chi connectivity index (χ4n) is 3.35. The number of primary amides is 1. The van der Waals surface area contributed by atoms with E-state index in [0.717, 1.165) is 25.4 Å². The molecular formula is C16H33N3O. The van der Waals surface area contributed by atoms with Crippen molar-refractivity contribution in [2.45, 2.75) is 70.9 Å². The van der Waals surface area contributed by atoms with Gasteiger partial charge in [-0.25, -0.2) is 0 Å². The largest absolute Gasteiger partial charge is 0.368 e. The normalized spacial score (nSPS) is 21.6. The highest BCUT2D eigenvalue weighted by Gasteiger charge is 2.33. The van der Waals surface area contributed by atoms with Crippen LogP contribution in [-0.4, -0.2) is 42.5 Å². The summed E-state index contributed by atoms with van der Waals surface area (Å²) in [5.74, 6) is 0.576. The van der Waals surface area contributed by atoms with Crippen LogP contribution in [0.2, 0.25) is 0 Å². The topological polar surface area (TPSA) is 58.4 Å². The van der Waals surface area contributed by atoms with Crippen molar-refractivity contribution in [3.63, 3.8) is 0 Å². The SMILES string of the molecule is CCNC(C)(CC(C)N(C)CC1CCCCC1)C(N)=O. The molecule has 1 rings (SSSR count). The van der Waals surface area contributed by atoms with Crippen LogP contribution < -0.4 is 11.1 Å². The summed E-state index contributed by atoms with van der Waals surface area (Å²) >= 11 is 0. The van der Waals surface area contributed by atoms with Gasteiger partial charge in [-0.3, -0.25) is 4.79 Å². The van der Waals surface area contributed by atoms with Crippen LogP contribution in [-0.2, 0) is 4.79 Å². The number of carbonyl (C=O) groups excluding carboxylic acids is 1. The van der Waals surface area contributed by atoms with Gasteiger partial charge in [-0.2, -0.15) is 0 Å². The number of nitrogens with one attached hydrogen (secondary N) is 1. The summed E-state index contributed by atoms with van der Waals surface area (Å²) in [5.41, 5.74) is 4.97. The van der Waals surface area contributed by atoms with Crippen LogP contribution in [0.25, 0.3) is 0 Å². The highest BCUT2D eigenvalue weighted by Crippen LogP contribution is 2.25. The molecule has 0 aliphatic heterocycles. The minimum absolute atomic E-state index is 0.253. The minimum atomic E-state index is -0.602. The van der Waals surface area contributed by atoms with E-state index in [1.807, 2.05) is 13.8 Å². The van der Waals surface area contributed by atoms with Crippen molar-refractivity contribution in [2.75, 3.05) is 20.1 Å². The fraction of sp³-hybridized carbons (Fsp3) is 0.938. The Morgan fingerprint density at radius 1 is 1.40 bits per heavy atom. The molecule has 2 atom stereocenters. The average molecular weight is 283 g/mol. The number of likely N-dealkylation sites (N-methyl/N-ethyl adjacent to an activating group) is 1. The van der Waals surface area contributed by atoms with Crippen molar-refractivity contribution in [2.24, 2.45) is 11.7 Å². The van der Waals surface area contributed by atoms with E-state index in [0.29, 0.717) is 6.04 Å². The standard InChI is InChI=1S/C16H33N3O/c1-5-18-16(3,15(17)20)11-13(2)19(4)12-14-9-7-6-8-10-14/h13-14,18H,5-12H2,1-4H3,(H2,17,20). The van der Waals surface area contributed by atoms with E-state index in [-0.39, 0.29) is 5.91 Å². The van der Waals surface area contributed by atoms with Gasteiger partial charge in [0, 0.05) is 12.6 Å². The second-order valence-electron chi connectivity index (χ2n) is 6.72. The van der Waals surface area contributed by atoms with Gasteiger partial charge in [0.25, 0.3) is 0 Å². The van der Waals surface area contributed by atoms with E-state index in [4.69, 9.17) is 5.73 Å². The lowest BCUT2D eigenvalue weighted by Gasteiger charge is -2.36. The van der Waals surface area contributed by atoms with Gasteiger partial charge in [-0.15, -0.1) is 0 Å². The Hall–Kier alpha value is -0.610. The smallest absolute Gasteiger partial charge is 0.237 e. The number of hydrogen-bond donors (Lipinski definition) is 2. The summed E-state index contributed by atoms with van der Waals surface area (Å²) in [7, 11) is 2.17. The maximum absolute atomic E-state index is 11.7. The molecule has 1 aliphatic carbocycles. The molecule has 0 bridgehead atoms. The molecule has 4 heteroatoms. The van der Waals surface area contributed by atoms with Crippen LogP contribution in [0.4, 0.5) is 0 Å². The van der Waals surface area contributed by atoms with E-state index in [1.54, 1.807) is 0 Å². The van der Waals surface area contributed by atoms with Crippen molar-refractivity contribution < 1.29 is 4.79 Å². The summed E-state index contributed by atoms with van der Waals surface area (Å²) in [6, 6.07) is 0.355. The van der Waals surface area contributed by atoms with Gasteiger partial charge in [0.2, 0.25) is 5.91 Å². The maximum atomic E-state index is 11.7. The first-order valence-corrected chi connectivity index (χ1v) is 8.14. The lowest BCUT2D eigenvalue weighted by molar-refractivity contribution is -0.124. The molecule has 118 valence electrons. The van der Waals surface area contributed by atoms with Crippen molar-refractivity contribution in [3.05, 3.63) is 0 Å². The van der Waals surface area contributed by atoms with Crippen LogP contribution in [0.3, 0.4) is 0 Å². The van der Waals surface area contributed by atoms with Crippen molar-refractivity contribution in [3.8, 4) is 0 Å². The zero-order chi connectivity index (χ0) is 15.2. The zero-order valence-electron chi connectivity index (χ0n) is 13.7. The van der Waals surface area contributed by atoms with Gasteiger partial charge in [0.1, 0.15) is 0 Å². The summed E-state index contributed by atoms with van der Waals surface area (Å²) in [4.78, 5) is 14.1. The first-order valence-electron chi connectivity index (χ1n) is 8.14. The molecular weight excluding hydrogens is 250 g/mol. The van der Waals surface area contributed by atoms with Crippen LogP contribution in [0.1, 0.15) is 59.3 Å². The molecule has 20 heavy (non-hydrogen) atoms. The lowest BCUT2D eigenvalue weighted by atomic mass is 9.87.